The molecule has 0 aliphatic carbocycles. The number of rotatable bonds is 4. The van der Waals surface area contributed by atoms with E-state index in [0.29, 0.717) is 17.9 Å². The van der Waals surface area contributed by atoms with Crippen LogP contribution in [0.3, 0.4) is 0 Å². The van der Waals surface area contributed by atoms with Crippen LogP contribution in [0.1, 0.15) is 43.7 Å². The van der Waals surface area contributed by atoms with Crippen LogP contribution in [0.2, 0.25) is 0 Å². The summed E-state index contributed by atoms with van der Waals surface area (Å²) in [5, 5.41) is 3.38. The molecule has 2 saturated heterocycles. The van der Waals surface area contributed by atoms with Gasteiger partial charge in [-0.2, -0.15) is 0 Å². The minimum absolute atomic E-state index is 0. The lowest BCUT2D eigenvalue weighted by molar-refractivity contribution is -0.132. The fraction of sp³-hybridized carbons (Fsp3) is 0.588. The molecule has 2 fully saturated rings. The van der Waals surface area contributed by atoms with Crippen molar-refractivity contribution in [3.8, 4) is 0 Å². The summed E-state index contributed by atoms with van der Waals surface area (Å²) in [5.74, 6) is 1.06. The van der Waals surface area contributed by atoms with Crippen LogP contribution in [0, 0.1) is 5.92 Å². The maximum Gasteiger partial charge on any atom is 0.223 e. The molecule has 4 heteroatoms. The maximum absolute atomic E-state index is 12.5. The van der Waals surface area contributed by atoms with Gasteiger partial charge in [0.05, 0.1) is 6.04 Å². The second-order valence-corrected chi connectivity index (χ2v) is 6.05. The van der Waals surface area contributed by atoms with Crippen LogP contribution in [0.5, 0.6) is 0 Å². The summed E-state index contributed by atoms with van der Waals surface area (Å²) in [6.45, 7) is 3.14. The highest BCUT2D eigenvalue weighted by molar-refractivity contribution is 5.85. The summed E-state index contributed by atoms with van der Waals surface area (Å²) >= 11 is 0. The molecule has 1 aromatic carbocycles. The van der Waals surface area contributed by atoms with E-state index in [1.165, 1.54) is 12.0 Å². The summed E-state index contributed by atoms with van der Waals surface area (Å²) in [6.07, 6.45) is 5.24. The van der Waals surface area contributed by atoms with Gasteiger partial charge in [-0.1, -0.05) is 30.3 Å². The average Bonchev–Trinajstić information content (AvgIpc) is 3.17. The number of hydrogen-bond donors (Lipinski definition) is 1. The molecule has 3 nitrogen and oxygen atoms in total. The van der Waals surface area contributed by atoms with Gasteiger partial charge in [0.25, 0.3) is 0 Å². The Bertz CT molecular complexity index is 445. The van der Waals surface area contributed by atoms with Gasteiger partial charge >= 0.3 is 0 Å². The maximum atomic E-state index is 12.5. The highest BCUT2D eigenvalue weighted by Gasteiger charge is 2.29. The van der Waals surface area contributed by atoms with Gasteiger partial charge in [0, 0.05) is 13.0 Å². The van der Waals surface area contributed by atoms with E-state index in [0.717, 1.165) is 45.3 Å². The van der Waals surface area contributed by atoms with E-state index < -0.39 is 0 Å². The molecule has 3 rings (SSSR count). The van der Waals surface area contributed by atoms with Gasteiger partial charge in [0.2, 0.25) is 5.91 Å². The molecule has 0 bridgehead atoms. The first kappa shape index (κ1) is 16.3. The summed E-state index contributed by atoms with van der Waals surface area (Å²) in [7, 11) is 0. The molecule has 0 radical (unpaired) electrons. The van der Waals surface area contributed by atoms with Crippen molar-refractivity contribution in [3.63, 3.8) is 0 Å². The standard InChI is InChI=1S/C17H24N2O.ClH/c20-17(9-8-14-10-11-18-13-14)19-12-4-7-16(19)15-5-2-1-3-6-15;/h1-3,5-6,14,16,18H,4,7-13H2;1H. The summed E-state index contributed by atoms with van der Waals surface area (Å²) in [6, 6.07) is 10.8. The number of amides is 1. The third-order valence-corrected chi connectivity index (χ3v) is 4.69. The minimum Gasteiger partial charge on any atom is -0.336 e. The van der Waals surface area contributed by atoms with Gasteiger partial charge in [0.15, 0.2) is 0 Å². The van der Waals surface area contributed by atoms with Gasteiger partial charge in [0.1, 0.15) is 0 Å². The SMILES string of the molecule is Cl.O=C(CCC1CCNC1)N1CCCC1c1ccccc1. The Morgan fingerprint density at radius 1 is 1.24 bits per heavy atom. The Labute approximate surface area is 133 Å². The number of halogens is 1. The van der Waals surface area contributed by atoms with E-state index in [1.54, 1.807) is 0 Å². The number of nitrogens with zero attached hydrogens (tertiary/aromatic N) is 1. The number of likely N-dealkylation sites (tertiary alicyclic amines) is 1. The Kier molecular flexibility index (Phi) is 6.07. The van der Waals surface area contributed by atoms with Crippen LogP contribution in [0.15, 0.2) is 30.3 Å². The Morgan fingerprint density at radius 3 is 2.76 bits per heavy atom. The van der Waals surface area contributed by atoms with Gasteiger partial charge in [-0.05, 0) is 50.3 Å². The van der Waals surface area contributed by atoms with E-state index in [4.69, 9.17) is 0 Å². The molecule has 2 unspecified atom stereocenters. The number of benzene rings is 1. The van der Waals surface area contributed by atoms with Crippen molar-refractivity contribution in [2.75, 3.05) is 19.6 Å². The fourth-order valence-corrected chi connectivity index (χ4v) is 3.52. The zero-order valence-electron chi connectivity index (χ0n) is 12.5. The molecular formula is C17H25ClN2O. The second kappa shape index (κ2) is 7.81. The molecule has 0 saturated carbocycles. The first-order chi connectivity index (χ1) is 9.84. The van der Waals surface area contributed by atoms with E-state index in [1.807, 2.05) is 6.07 Å². The lowest BCUT2D eigenvalue weighted by atomic mass is 10.0. The molecule has 0 spiro atoms. The highest BCUT2D eigenvalue weighted by Crippen LogP contribution is 2.32. The first-order valence-electron chi connectivity index (χ1n) is 7.90. The van der Waals surface area contributed by atoms with Gasteiger partial charge in [-0.3, -0.25) is 4.79 Å². The minimum atomic E-state index is 0. The van der Waals surface area contributed by atoms with Crippen LogP contribution in [0.25, 0.3) is 0 Å². The Balaban J connectivity index is 0.00000161. The quantitative estimate of drug-likeness (QED) is 0.926. The van der Waals surface area contributed by atoms with E-state index in [2.05, 4.69) is 34.5 Å². The number of carbonyl (C=O) groups excluding carboxylic acids is 1. The van der Waals surface area contributed by atoms with Crippen LogP contribution in [0.4, 0.5) is 0 Å². The molecule has 1 N–H and O–H groups in total. The van der Waals surface area contributed by atoms with Gasteiger partial charge < -0.3 is 10.2 Å². The lowest BCUT2D eigenvalue weighted by Gasteiger charge is -2.25. The van der Waals surface area contributed by atoms with Gasteiger partial charge in [-0.25, -0.2) is 0 Å². The van der Waals surface area contributed by atoms with Crippen molar-refractivity contribution in [1.29, 1.82) is 0 Å². The predicted octanol–water partition coefficient (Wildman–Crippen LogP) is 3.16. The van der Waals surface area contributed by atoms with Crippen molar-refractivity contribution in [1.82, 2.24) is 10.2 Å². The van der Waals surface area contributed by atoms with Crippen molar-refractivity contribution >= 4 is 18.3 Å². The highest BCUT2D eigenvalue weighted by atomic mass is 35.5. The molecule has 2 aliphatic rings. The molecule has 2 heterocycles. The van der Waals surface area contributed by atoms with Crippen LogP contribution in [-0.4, -0.2) is 30.4 Å². The van der Waals surface area contributed by atoms with Gasteiger partial charge in [-0.15, -0.1) is 12.4 Å². The van der Waals surface area contributed by atoms with Crippen molar-refractivity contribution in [3.05, 3.63) is 35.9 Å². The van der Waals surface area contributed by atoms with Crippen LogP contribution < -0.4 is 5.32 Å². The van der Waals surface area contributed by atoms with E-state index in [-0.39, 0.29) is 12.4 Å². The summed E-state index contributed by atoms with van der Waals surface area (Å²) in [4.78, 5) is 14.6. The lowest BCUT2D eigenvalue weighted by Crippen LogP contribution is -2.30. The topological polar surface area (TPSA) is 32.3 Å². The largest absolute Gasteiger partial charge is 0.336 e. The predicted molar refractivity (Wildman–Crippen MR) is 87.6 cm³/mol. The third kappa shape index (κ3) is 3.98. The average molecular weight is 309 g/mol. The third-order valence-electron chi connectivity index (χ3n) is 4.69. The molecule has 21 heavy (non-hydrogen) atoms. The Morgan fingerprint density at radius 2 is 2.05 bits per heavy atom. The molecule has 0 aromatic heterocycles. The van der Waals surface area contributed by atoms with E-state index >= 15 is 0 Å². The number of hydrogen-bond acceptors (Lipinski definition) is 2. The Hall–Kier alpha value is -1.06. The zero-order valence-corrected chi connectivity index (χ0v) is 13.3. The summed E-state index contributed by atoms with van der Waals surface area (Å²) in [5.41, 5.74) is 1.29. The number of carbonyl (C=O) groups is 1. The molecular weight excluding hydrogens is 284 g/mol. The first-order valence-corrected chi connectivity index (χ1v) is 7.90. The van der Waals surface area contributed by atoms with Crippen LogP contribution >= 0.6 is 12.4 Å². The molecule has 116 valence electrons. The van der Waals surface area contributed by atoms with Crippen molar-refractivity contribution < 1.29 is 4.79 Å². The zero-order chi connectivity index (χ0) is 13.8. The molecule has 1 aromatic rings. The summed E-state index contributed by atoms with van der Waals surface area (Å²) < 4.78 is 0. The smallest absolute Gasteiger partial charge is 0.223 e. The monoisotopic (exact) mass is 308 g/mol. The molecule has 1 amide bonds. The van der Waals surface area contributed by atoms with E-state index in [9.17, 15) is 4.79 Å². The second-order valence-electron chi connectivity index (χ2n) is 6.05. The van der Waals surface area contributed by atoms with Crippen LogP contribution in [-0.2, 0) is 4.79 Å². The molecule has 2 aliphatic heterocycles. The van der Waals surface area contributed by atoms with Crippen molar-refractivity contribution in [2.45, 2.75) is 38.1 Å². The van der Waals surface area contributed by atoms with Crippen molar-refractivity contribution in [2.24, 2.45) is 5.92 Å². The fourth-order valence-electron chi connectivity index (χ4n) is 3.52. The normalized spacial score (nSPS) is 24.9. The molecule has 2 atom stereocenters. The number of nitrogens with one attached hydrogen (secondary N) is 1.